The van der Waals surface area contributed by atoms with Gasteiger partial charge in [0.05, 0.1) is 17.2 Å². The number of halogens is 2. The number of hydrogen-bond donors (Lipinski definition) is 0. The summed E-state index contributed by atoms with van der Waals surface area (Å²) in [5, 5.41) is 0.396. The number of carbonyl (C=O) groups is 1. The van der Waals surface area contributed by atoms with Crippen molar-refractivity contribution < 1.29 is 9.53 Å². The molecule has 0 bridgehead atoms. The lowest BCUT2D eigenvalue weighted by Gasteiger charge is -2.03. The number of esters is 1. The van der Waals surface area contributed by atoms with Gasteiger partial charge in [0, 0.05) is 4.47 Å². The molecule has 1 aromatic rings. The second kappa shape index (κ2) is 4.63. The average molecular weight is 264 g/mol. The number of rotatable bonds is 2. The van der Waals surface area contributed by atoms with Gasteiger partial charge in [0.2, 0.25) is 0 Å². The molecule has 0 spiro atoms. The van der Waals surface area contributed by atoms with E-state index in [4.69, 9.17) is 16.3 Å². The summed E-state index contributed by atoms with van der Waals surface area (Å²) in [5.74, 6) is -0.389. The van der Waals surface area contributed by atoms with Crippen molar-refractivity contribution in [2.75, 3.05) is 6.61 Å². The first-order valence-electron chi connectivity index (χ1n) is 3.77. The Hall–Kier alpha value is -0.540. The van der Waals surface area contributed by atoms with Gasteiger partial charge in [0.1, 0.15) is 0 Å². The smallest absolute Gasteiger partial charge is 0.339 e. The second-order valence-corrected chi connectivity index (χ2v) is 3.67. The second-order valence-electron chi connectivity index (χ2n) is 2.34. The fourth-order valence-corrected chi connectivity index (χ4v) is 1.61. The van der Waals surface area contributed by atoms with E-state index in [1.165, 1.54) is 0 Å². The van der Waals surface area contributed by atoms with Crippen LogP contribution < -0.4 is 0 Å². The van der Waals surface area contributed by atoms with Crippen LogP contribution in [0.5, 0.6) is 0 Å². The van der Waals surface area contributed by atoms with Crippen LogP contribution in [0.2, 0.25) is 5.02 Å². The van der Waals surface area contributed by atoms with Crippen LogP contribution in [-0.4, -0.2) is 12.6 Å². The third-order valence-electron chi connectivity index (χ3n) is 1.43. The van der Waals surface area contributed by atoms with Crippen LogP contribution in [0.1, 0.15) is 17.3 Å². The predicted octanol–water partition coefficient (Wildman–Crippen LogP) is 3.28. The average Bonchev–Trinajstić information content (AvgIpc) is 2.04. The summed E-state index contributed by atoms with van der Waals surface area (Å²) in [7, 11) is 0. The lowest BCUT2D eigenvalue weighted by Crippen LogP contribution is -2.04. The highest BCUT2D eigenvalue weighted by atomic mass is 79.9. The van der Waals surface area contributed by atoms with E-state index in [1.54, 1.807) is 25.1 Å². The topological polar surface area (TPSA) is 26.3 Å². The van der Waals surface area contributed by atoms with E-state index in [0.29, 0.717) is 17.2 Å². The highest BCUT2D eigenvalue weighted by Gasteiger charge is 2.10. The largest absolute Gasteiger partial charge is 0.462 e. The van der Waals surface area contributed by atoms with E-state index >= 15 is 0 Å². The Kier molecular flexibility index (Phi) is 3.75. The molecule has 0 aromatic heterocycles. The molecule has 0 aliphatic heterocycles. The maximum absolute atomic E-state index is 11.3. The van der Waals surface area contributed by atoms with Gasteiger partial charge in [0.15, 0.2) is 0 Å². The van der Waals surface area contributed by atoms with Crippen LogP contribution >= 0.6 is 27.5 Å². The highest BCUT2D eigenvalue weighted by Crippen LogP contribution is 2.21. The molecule has 0 N–H and O–H groups in total. The Morgan fingerprint density at radius 3 is 2.85 bits per heavy atom. The fraction of sp³-hybridized carbons (Fsp3) is 0.222. The molecule has 0 atom stereocenters. The van der Waals surface area contributed by atoms with Gasteiger partial charge < -0.3 is 4.74 Å². The fourth-order valence-electron chi connectivity index (χ4n) is 0.864. The molecule has 0 fully saturated rings. The zero-order valence-electron chi connectivity index (χ0n) is 7.01. The maximum Gasteiger partial charge on any atom is 0.339 e. The van der Waals surface area contributed by atoms with Crippen molar-refractivity contribution in [1.82, 2.24) is 0 Å². The number of carbonyl (C=O) groups excluding carboxylic acids is 1. The van der Waals surface area contributed by atoms with Crippen molar-refractivity contribution in [2.24, 2.45) is 0 Å². The Morgan fingerprint density at radius 2 is 2.31 bits per heavy atom. The standard InChI is InChI=1S/C9H8BrClO2/c1-2-13-9(12)7-4-3-6(10)5-8(7)11/h3-5H,2H2,1H3. The molecule has 0 heterocycles. The molecule has 0 radical (unpaired) electrons. The summed E-state index contributed by atoms with van der Waals surface area (Å²) in [6, 6.07) is 5.04. The van der Waals surface area contributed by atoms with Crippen molar-refractivity contribution in [1.29, 1.82) is 0 Å². The number of ether oxygens (including phenoxy) is 1. The molecular formula is C9H8BrClO2. The van der Waals surface area contributed by atoms with Crippen LogP contribution in [0, 0.1) is 0 Å². The van der Waals surface area contributed by atoms with Gasteiger partial charge in [0.25, 0.3) is 0 Å². The van der Waals surface area contributed by atoms with Gasteiger partial charge in [-0.25, -0.2) is 4.79 Å². The van der Waals surface area contributed by atoms with Gasteiger partial charge in [-0.1, -0.05) is 27.5 Å². The summed E-state index contributed by atoms with van der Waals surface area (Å²) in [6.07, 6.45) is 0. The summed E-state index contributed by atoms with van der Waals surface area (Å²) < 4.78 is 5.65. The zero-order valence-corrected chi connectivity index (χ0v) is 9.35. The van der Waals surface area contributed by atoms with E-state index in [0.717, 1.165) is 4.47 Å². The van der Waals surface area contributed by atoms with Crippen LogP contribution in [0.3, 0.4) is 0 Å². The molecule has 0 saturated carbocycles. The van der Waals surface area contributed by atoms with Gasteiger partial charge in [-0.2, -0.15) is 0 Å². The molecule has 2 nitrogen and oxygen atoms in total. The van der Waals surface area contributed by atoms with Crippen LogP contribution in [0.25, 0.3) is 0 Å². The first-order chi connectivity index (χ1) is 6.15. The normalized spacial score (nSPS) is 9.77. The van der Waals surface area contributed by atoms with Crippen molar-refractivity contribution in [3.63, 3.8) is 0 Å². The molecule has 0 saturated heterocycles. The van der Waals surface area contributed by atoms with Crippen molar-refractivity contribution >= 4 is 33.5 Å². The molecule has 1 aromatic carbocycles. The molecule has 0 aliphatic rings. The Labute approximate surface area is 90.0 Å². The Bertz CT molecular complexity index is 325. The summed E-state index contributed by atoms with van der Waals surface area (Å²) in [6.45, 7) is 2.11. The Balaban J connectivity index is 2.95. The molecule has 1 rings (SSSR count). The molecule has 13 heavy (non-hydrogen) atoms. The highest BCUT2D eigenvalue weighted by molar-refractivity contribution is 9.10. The first-order valence-corrected chi connectivity index (χ1v) is 4.94. The summed E-state index contributed by atoms with van der Waals surface area (Å²) in [4.78, 5) is 11.3. The lowest BCUT2D eigenvalue weighted by molar-refractivity contribution is 0.0526. The van der Waals surface area contributed by atoms with Crippen molar-refractivity contribution in [3.8, 4) is 0 Å². The summed E-state index contributed by atoms with van der Waals surface area (Å²) >= 11 is 9.08. The molecule has 0 unspecified atom stereocenters. The minimum Gasteiger partial charge on any atom is -0.462 e. The van der Waals surface area contributed by atoms with E-state index in [-0.39, 0.29) is 5.97 Å². The molecule has 0 amide bonds. The van der Waals surface area contributed by atoms with E-state index < -0.39 is 0 Å². The van der Waals surface area contributed by atoms with E-state index in [9.17, 15) is 4.79 Å². The lowest BCUT2D eigenvalue weighted by atomic mass is 10.2. The maximum atomic E-state index is 11.3. The number of benzene rings is 1. The third-order valence-corrected chi connectivity index (χ3v) is 2.23. The third kappa shape index (κ3) is 2.71. The first kappa shape index (κ1) is 10.5. The molecule has 70 valence electrons. The summed E-state index contributed by atoms with van der Waals surface area (Å²) in [5.41, 5.74) is 0.395. The monoisotopic (exact) mass is 262 g/mol. The van der Waals surface area contributed by atoms with Crippen LogP contribution in [0.15, 0.2) is 22.7 Å². The van der Waals surface area contributed by atoms with Gasteiger partial charge >= 0.3 is 5.97 Å². The van der Waals surface area contributed by atoms with Crippen molar-refractivity contribution in [3.05, 3.63) is 33.3 Å². The van der Waals surface area contributed by atoms with E-state index in [2.05, 4.69) is 15.9 Å². The van der Waals surface area contributed by atoms with Gasteiger partial charge in [-0.05, 0) is 25.1 Å². The van der Waals surface area contributed by atoms with E-state index in [1.807, 2.05) is 0 Å². The molecular weight excluding hydrogens is 255 g/mol. The molecule has 4 heteroatoms. The minimum absolute atomic E-state index is 0.352. The quantitative estimate of drug-likeness (QED) is 0.766. The van der Waals surface area contributed by atoms with Crippen LogP contribution in [-0.2, 0) is 4.74 Å². The van der Waals surface area contributed by atoms with Gasteiger partial charge in [-0.3, -0.25) is 0 Å². The minimum atomic E-state index is -0.389. The van der Waals surface area contributed by atoms with Crippen molar-refractivity contribution in [2.45, 2.75) is 6.92 Å². The van der Waals surface area contributed by atoms with Gasteiger partial charge in [-0.15, -0.1) is 0 Å². The predicted molar refractivity (Wildman–Crippen MR) is 55.1 cm³/mol. The Morgan fingerprint density at radius 1 is 1.62 bits per heavy atom. The zero-order chi connectivity index (χ0) is 9.84. The van der Waals surface area contributed by atoms with Crippen LogP contribution in [0.4, 0.5) is 0 Å². The molecule has 0 aliphatic carbocycles. The SMILES string of the molecule is CCOC(=O)c1ccc(Br)cc1Cl. The number of hydrogen-bond acceptors (Lipinski definition) is 2.